The molecule has 2 aliphatic heterocycles. The first-order valence-corrected chi connectivity index (χ1v) is 8.10. The van der Waals surface area contributed by atoms with Crippen LogP contribution in [0.15, 0.2) is 10.8 Å². The summed E-state index contributed by atoms with van der Waals surface area (Å²) < 4.78 is 17.2. The van der Waals surface area contributed by atoms with Crippen LogP contribution < -0.4 is 0 Å². The van der Waals surface area contributed by atoms with Crippen LogP contribution in [-0.4, -0.2) is 53.8 Å². The number of amides is 1. The summed E-state index contributed by atoms with van der Waals surface area (Å²) in [6, 6.07) is 0. The van der Waals surface area contributed by atoms with Gasteiger partial charge >= 0.3 is 0 Å². The van der Waals surface area contributed by atoms with Crippen molar-refractivity contribution in [3.8, 4) is 0 Å². The summed E-state index contributed by atoms with van der Waals surface area (Å²) in [7, 11) is 0. The van der Waals surface area contributed by atoms with Crippen LogP contribution in [-0.2, 0) is 9.47 Å². The Balaban J connectivity index is 1.32. The van der Waals surface area contributed by atoms with Crippen LogP contribution in [0.4, 0.5) is 0 Å². The third-order valence-corrected chi connectivity index (χ3v) is 4.90. The van der Waals surface area contributed by atoms with Gasteiger partial charge in [-0.3, -0.25) is 4.79 Å². The number of carbonyl (C=O) groups is 1. The average molecular weight is 306 g/mol. The second-order valence-corrected chi connectivity index (χ2v) is 6.85. The lowest BCUT2D eigenvalue weighted by atomic mass is 9.84. The number of rotatable bonds is 4. The van der Waals surface area contributed by atoms with E-state index in [1.807, 2.05) is 0 Å². The Labute approximate surface area is 129 Å². The van der Waals surface area contributed by atoms with Gasteiger partial charge in [0.25, 0.3) is 5.91 Å². The molecule has 6 nitrogen and oxygen atoms in total. The van der Waals surface area contributed by atoms with E-state index >= 15 is 0 Å². The lowest BCUT2D eigenvalue weighted by Gasteiger charge is -2.52. The van der Waals surface area contributed by atoms with E-state index in [-0.39, 0.29) is 17.6 Å². The zero-order chi connectivity index (χ0) is 15.2. The van der Waals surface area contributed by atoms with Crippen molar-refractivity contribution in [3.05, 3.63) is 17.8 Å². The number of ether oxygens (including phenoxy) is 2. The molecule has 3 aliphatic rings. The quantitative estimate of drug-likeness (QED) is 0.848. The largest absolute Gasteiger partial charge is 0.438 e. The molecule has 22 heavy (non-hydrogen) atoms. The van der Waals surface area contributed by atoms with Gasteiger partial charge in [0, 0.05) is 19.6 Å². The smallest absolute Gasteiger partial charge is 0.291 e. The van der Waals surface area contributed by atoms with Gasteiger partial charge in [-0.15, -0.1) is 0 Å². The van der Waals surface area contributed by atoms with Crippen molar-refractivity contribution in [2.75, 3.05) is 26.3 Å². The van der Waals surface area contributed by atoms with E-state index < -0.39 is 0 Å². The maximum absolute atomic E-state index is 12.3. The standard InChI is InChI=1S/C16H22N2O4/c1-11-14(21-10-17-11)15(19)18-8-16(9-18)6-13(4-5-22-16)20-7-12-2-3-12/h10,12-13H,2-9H2,1H3/t13-/m1/s1. The lowest BCUT2D eigenvalue weighted by molar-refractivity contribution is -0.187. The van der Waals surface area contributed by atoms with Crippen LogP contribution in [0, 0.1) is 12.8 Å². The fourth-order valence-corrected chi connectivity index (χ4v) is 3.35. The van der Waals surface area contributed by atoms with Crippen molar-refractivity contribution in [3.63, 3.8) is 0 Å². The number of likely N-dealkylation sites (tertiary alicyclic amines) is 1. The molecule has 1 amide bonds. The molecule has 0 N–H and O–H groups in total. The molecular formula is C16H22N2O4. The second kappa shape index (κ2) is 5.35. The zero-order valence-electron chi connectivity index (χ0n) is 12.9. The molecule has 2 saturated heterocycles. The average Bonchev–Trinajstić information content (AvgIpc) is 3.22. The van der Waals surface area contributed by atoms with Crippen LogP contribution in [0.2, 0.25) is 0 Å². The molecule has 1 aliphatic carbocycles. The van der Waals surface area contributed by atoms with Crippen molar-refractivity contribution in [2.45, 2.75) is 44.3 Å². The van der Waals surface area contributed by atoms with Gasteiger partial charge in [-0.25, -0.2) is 4.98 Å². The second-order valence-electron chi connectivity index (χ2n) is 6.85. The molecule has 0 unspecified atom stereocenters. The van der Waals surface area contributed by atoms with Gasteiger partial charge in [0.05, 0.1) is 24.9 Å². The first-order chi connectivity index (χ1) is 10.7. The Morgan fingerprint density at radius 3 is 2.95 bits per heavy atom. The maximum atomic E-state index is 12.3. The van der Waals surface area contributed by atoms with Gasteiger partial charge in [0.2, 0.25) is 5.76 Å². The first-order valence-electron chi connectivity index (χ1n) is 8.10. The Morgan fingerprint density at radius 2 is 2.27 bits per heavy atom. The van der Waals surface area contributed by atoms with Crippen molar-refractivity contribution >= 4 is 5.91 Å². The molecule has 1 atom stereocenters. The molecule has 3 heterocycles. The van der Waals surface area contributed by atoms with Crippen molar-refractivity contribution in [1.82, 2.24) is 9.88 Å². The van der Waals surface area contributed by atoms with Crippen LogP contribution in [0.3, 0.4) is 0 Å². The van der Waals surface area contributed by atoms with Gasteiger partial charge in [-0.1, -0.05) is 0 Å². The topological polar surface area (TPSA) is 64.8 Å². The Kier molecular flexibility index (Phi) is 3.46. The minimum atomic E-state index is -0.212. The molecule has 3 fully saturated rings. The highest BCUT2D eigenvalue weighted by molar-refractivity contribution is 5.93. The van der Waals surface area contributed by atoms with Crippen molar-refractivity contribution < 1.29 is 18.7 Å². The fourth-order valence-electron chi connectivity index (χ4n) is 3.35. The van der Waals surface area contributed by atoms with E-state index in [1.54, 1.807) is 11.8 Å². The van der Waals surface area contributed by atoms with Gasteiger partial charge in [0.1, 0.15) is 5.60 Å². The van der Waals surface area contributed by atoms with E-state index in [0.717, 1.165) is 32.0 Å². The van der Waals surface area contributed by atoms with Crippen LogP contribution in [0.25, 0.3) is 0 Å². The van der Waals surface area contributed by atoms with Gasteiger partial charge < -0.3 is 18.8 Å². The minimum absolute atomic E-state index is 0.0924. The molecule has 6 heteroatoms. The Hall–Kier alpha value is -1.40. The summed E-state index contributed by atoms with van der Waals surface area (Å²) in [5.74, 6) is 1.03. The summed E-state index contributed by atoms with van der Waals surface area (Å²) >= 11 is 0. The highest BCUT2D eigenvalue weighted by Crippen LogP contribution is 2.37. The van der Waals surface area contributed by atoms with E-state index in [9.17, 15) is 4.79 Å². The Bertz CT molecular complexity index is 560. The summed E-state index contributed by atoms with van der Waals surface area (Å²) in [4.78, 5) is 18.1. The van der Waals surface area contributed by atoms with Crippen LogP contribution in [0.1, 0.15) is 41.9 Å². The van der Waals surface area contributed by atoms with Crippen LogP contribution >= 0.6 is 0 Å². The van der Waals surface area contributed by atoms with Gasteiger partial charge in [-0.05, 0) is 32.1 Å². The fraction of sp³-hybridized carbons (Fsp3) is 0.750. The van der Waals surface area contributed by atoms with Crippen molar-refractivity contribution in [2.24, 2.45) is 5.92 Å². The van der Waals surface area contributed by atoms with E-state index in [2.05, 4.69) is 4.98 Å². The molecule has 0 aromatic carbocycles. The molecule has 1 spiro atoms. The van der Waals surface area contributed by atoms with E-state index in [1.165, 1.54) is 19.2 Å². The third kappa shape index (κ3) is 2.65. The lowest BCUT2D eigenvalue weighted by Crippen LogP contribution is -2.67. The molecule has 0 radical (unpaired) electrons. The molecule has 1 aromatic heterocycles. The highest BCUT2D eigenvalue weighted by atomic mass is 16.5. The number of aromatic nitrogens is 1. The monoisotopic (exact) mass is 306 g/mol. The number of aryl methyl sites for hydroxylation is 1. The predicted molar refractivity (Wildman–Crippen MR) is 77.5 cm³/mol. The van der Waals surface area contributed by atoms with E-state index in [0.29, 0.717) is 24.5 Å². The summed E-state index contributed by atoms with van der Waals surface area (Å²) in [6.45, 7) is 4.63. The third-order valence-electron chi connectivity index (χ3n) is 4.90. The number of oxazole rings is 1. The molecular weight excluding hydrogens is 284 g/mol. The molecule has 120 valence electrons. The molecule has 1 aromatic rings. The Morgan fingerprint density at radius 1 is 1.45 bits per heavy atom. The number of carbonyl (C=O) groups excluding carboxylic acids is 1. The number of hydrogen-bond donors (Lipinski definition) is 0. The maximum Gasteiger partial charge on any atom is 0.291 e. The first kappa shape index (κ1) is 14.2. The summed E-state index contributed by atoms with van der Waals surface area (Å²) in [5, 5.41) is 0. The summed E-state index contributed by atoms with van der Waals surface area (Å²) in [6.07, 6.45) is 6.07. The van der Waals surface area contributed by atoms with Crippen molar-refractivity contribution in [1.29, 1.82) is 0 Å². The molecule has 0 bridgehead atoms. The molecule has 4 rings (SSSR count). The van der Waals surface area contributed by atoms with Gasteiger partial charge in [-0.2, -0.15) is 0 Å². The van der Waals surface area contributed by atoms with Crippen LogP contribution in [0.5, 0.6) is 0 Å². The molecule has 1 saturated carbocycles. The predicted octanol–water partition coefficient (Wildman–Crippen LogP) is 1.78. The number of nitrogens with zero attached hydrogens (tertiary/aromatic N) is 2. The van der Waals surface area contributed by atoms with E-state index in [4.69, 9.17) is 13.9 Å². The SMILES string of the molecule is Cc1ncoc1C(=O)N1CC2(C[C@H](OCC3CC3)CCO2)C1. The van der Waals surface area contributed by atoms with Gasteiger partial charge in [0.15, 0.2) is 6.39 Å². The zero-order valence-corrected chi connectivity index (χ0v) is 12.9. The normalized spacial score (nSPS) is 27.0. The minimum Gasteiger partial charge on any atom is -0.438 e. The summed E-state index contributed by atoms with van der Waals surface area (Å²) in [5.41, 5.74) is 0.428. The number of hydrogen-bond acceptors (Lipinski definition) is 5. The highest BCUT2D eigenvalue weighted by Gasteiger charge is 2.50.